The predicted octanol–water partition coefficient (Wildman–Crippen LogP) is 1.34. The van der Waals surface area contributed by atoms with Crippen molar-refractivity contribution in [3.63, 3.8) is 0 Å². The maximum atomic E-state index is 12.6. The minimum Gasteiger partial charge on any atom is -0.462 e. The zero-order chi connectivity index (χ0) is 18.0. The Morgan fingerprint density at radius 2 is 2.28 bits per heavy atom. The minimum atomic E-state index is -0.721. The van der Waals surface area contributed by atoms with E-state index in [1.54, 1.807) is 50.6 Å². The number of nitrogens with zero attached hydrogens (tertiary/aromatic N) is 2. The van der Waals surface area contributed by atoms with Crippen LogP contribution >= 0.6 is 0 Å². The van der Waals surface area contributed by atoms with Gasteiger partial charge in [0.2, 0.25) is 11.7 Å². The molecule has 8 heteroatoms. The lowest BCUT2D eigenvalue weighted by atomic mass is 10.1. The SMILES string of the molecule is CCOC(=O)C1=C(NN(C)C)OC(=Cc2c[nH]c3ncccc23)C1=O. The standard InChI is InChI=1S/C17H18N4O4/c1-4-24-17(23)13-14(22)12(25-16(13)20-21(2)3)8-10-9-19-15-11(10)6-5-7-18-15/h5-9,20H,4H2,1-3H3,(H,18,19). The topological polar surface area (TPSA) is 96.6 Å². The molecule has 8 nitrogen and oxygen atoms in total. The molecule has 0 radical (unpaired) electrons. The first-order valence-corrected chi connectivity index (χ1v) is 7.73. The molecule has 0 atom stereocenters. The van der Waals surface area contributed by atoms with Gasteiger partial charge in [-0.2, -0.15) is 0 Å². The third kappa shape index (κ3) is 3.24. The van der Waals surface area contributed by atoms with Gasteiger partial charge in [0.1, 0.15) is 5.65 Å². The molecule has 2 aromatic heterocycles. The number of ketones is 1. The lowest BCUT2D eigenvalue weighted by molar-refractivity contribution is -0.139. The highest BCUT2D eigenvalue weighted by Gasteiger charge is 2.37. The molecule has 0 bridgehead atoms. The van der Waals surface area contributed by atoms with Gasteiger partial charge in [0, 0.05) is 37.4 Å². The Hall–Kier alpha value is -3.13. The fraction of sp³-hybridized carbons (Fsp3) is 0.235. The molecule has 1 aliphatic rings. The highest BCUT2D eigenvalue weighted by molar-refractivity contribution is 6.26. The number of hydrogen-bond donors (Lipinski definition) is 2. The molecule has 0 aliphatic carbocycles. The van der Waals surface area contributed by atoms with E-state index >= 15 is 0 Å². The molecule has 0 spiro atoms. The zero-order valence-corrected chi connectivity index (χ0v) is 14.1. The van der Waals surface area contributed by atoms with E-state index in [9.17, 15) is 9.59 Å². The number of pyridine rings is 1. The van der Waals surface area contributed by atoms with Crippen molar-refractivity contribution >= 4 is 28.9 Å². The van der Waals surface area contributed by atoms with E-state index in [-0.39, 0.29) is 23.8 Å². The van der Waals surface area contributed by atoms with Gasteiger partial charge in [-0.15, -0.1) is 0 Å². The summed E-state index contributed by atoms with van der Waals surface area (Å²) in [7, 11) is 3.44. The molecular formula is C17H18N4O4. The first-order chi connectivity index (χ1) is 12.0. The van der Waals surface area contributed by atoms with Crippen molar-refractivity contribution in [2.75, 3.05) is 20.7 Å². The number of hydrazine groups is 1. The Bertz CT molecular complexity index is 895. The quantitative estimate of drug-likeness (QED) is 0.366. The van der Waals surface area contributed by atoms with Gasteiger partial charge < -0.3 is 14.5 Å². The molecule has 25 heavy (non-hydrogen) atoms. The molecule has 130 valence electrons. The molecule has 0 unspecified atom stereocenters. The average molecular weight is 342 g/mol. The Kier molecular flexibility index (Phi) is 4.53. The van der Waals surface area contributed by atoms with Gasteiger partial charge in [-0.3, -0.25) is 10.2 Å². The van der Waals surface area contributed by atoms with Crippen molar-refractivity contribution in [1.29, 1.82) is 0 Å². The summed E-state index contributed by atoms with van der Waals surface area (Å²) in [5.41, 5.74) is 4.10. The monoisotopic (exact) mass is 342 g/mol. The smallest absolute Gasteiger partial charge is 0.347 e. The third-order valence-electron chi connectivity index (χ3n) is 3.46. The molecule has 0 aromatic carbocycles. The number of hydrogen-bond acceptors (Lipinski definition) is 7. The molecule has 3 rings (SSSR count). The van der Waals surface area contributed by atoms with Crippen LogP contribution < -0.4 is 5.43 Å². The summed E-state index contributed by atoms with van der Waals surface area (Å²) in [5, 5.41) is 2.42. The fourth-order valence-electron chi connectivity index (χ4n) is 2.44. The number of ether oxygens (including phenoxy) is 2. The summed E-state index contributed by atoms with van der Waals surface area (Å²) >= 11 is 0. The van der Waals surface area contributed by atoms with Crippen molar-refractivity contribution in [2.45, 2.75) is 6.92 Å². The van der Waals surface area contributed by atoms with Crippen LogP contribution in [-0.2, 0) is 19.1 Å². The summed E-state index contributed by atoms with van der Waals surface area (Å²) in [4.78, 5) is 32.0. The van der Waals surface area contributed by atoms with E-state index in [1.807, 2.05) is 6.07 Å². The van der Waals surface area contributed by atoms with Crippen molar-refractivity contribution in [3.8, 4) is 0 Å². The van der Waals surface area contributed by atoms with E-state index in [0.717, 1.165) is 10.9 Å². The van der Waals surface area contributed by atoms with E-state index in [0.29, 0.717) is 5.65 Å². The van der Waals surface area contributed by atoms with Crippen LogP contribution in [0.4, 0.5) is 0 Å². The number of Topliss-reactive ketones (excluding diaryl/α,β-unsaturated/α-hetero) is 1. The van der Waals surface area contributed by atoms with E-state index in [2.05, 4.69) is 15.4 Å². The van der Waals surface area contributed by atoms with Crippen LogP contribution in [0.1, 0.15) is 12.5 Å². The van der Waals surface area contributed by atoms with Crippen molar-refractivity contribution in [2.24, 2.45) is 0 Å². The molecule has 0 fully saturated rings. The van der Waals surface area contributed by atoms with Crippen molar-refractivity contribution in [3.05, 3.63) is 47.3 Å². The lowest BCUT2D eigenvalue weighted by Gasteiger charge is -2.14. The Balaban J connectivity index is 1.97. The van der Waals surface area contributed by atoms with Gasteiger partial charge in [-0.1, -0.05) is 0 Å². The molecule has 1 aliphatic heterocycles. The van der Waals surface area contributed by atoms with Crippen LogP contribution in [0.15, 0.2) is 41.7 Å². The maximum Gasteiger partial charge on any atom is 0.347 e. The molecule has 0 saturated heterocycles. The third-order valence-corrected chi connectivity index (χ3v) is 3.46. The summed E-state index contributed by atoms with van der Waals surface area (Å²) in [6.45, 7) is 1.84. The molecule has 2 aromatic rings. The Morgan fingerprint density at radius 1 is 1.48 bits per heavy atom. The van der Waals surface area contributed by atoms with Crippen molar-refractivity contribution in [1.82, 2.24) is 20.4 Å². The number of carbonyl (C=O) groups excluding carboxylic acids is 2. The van der Waals surface area contributed by atoms with Crippen LogP contribution in [0.3, 0.4) is 0 Å². The van der Waals surface area contributed by atoms with Crippen LogP contribution in [-0.4, -0.2) is 47.4 Å². The van der Waals surface area contributed by atoms with Crippen LogP contribution in [0.2, 0.25) is 0 Å². The van der Waals surface area contributed by atoms with Crippen LogP contribution in [0.5, 0.6) is 0 Å². The Morgan fingerprint density at radius 3 is 3.00 bits per heavy atom. The van der Waals surface area contributed by atoms with Gasteiger partial charge in [0.15, 0.2) is 11.3 Å². The van der Waals surface area contributed by atoms with Crippen LogP contribution in [0.25, 0.3) is 17.1 Å². The highest BCUT2D eigenvalue weighted by Crippen LogP contribution is 2.28. The van der Waals surface area contributed by atoms with Gasteiger partial charge in [-0.05, 0) is 25.1 Å². The number of aromatic amines is 1. The number of H-pyrrole nitrogens is 1. The Labute approximate surface area is 144 Å². The fourth-order valence-corrected chi connectivity index (χ4v) is 2.44. The first kappa shape index (κ1) is 16.7. The molecule has 2 N–H and O–H groups in total. The summed E-state index contributed by atoms with van der Waals surface area (Å²) in [6, 6.07) is 3.68. The predicted molar refractivity (Wildman–Crippen MR) is 90.6 cm³/mol. The summed E-state index contributed by atoms with van der Waals surface area (Å²) in [5.74, 6) is -1.16. The first-order valence-electron chi connectivity index (χ1n) is 7.73. The number of esters is 1. The van der Waals surface area contributed by atoms with Gasteiger partial charge in [0.25, 0.3) is 0 Å². The molecule has 0 saturated carbocycles. The number of rotatable bonds is 5. The van der Waals surface area contributed by atoms with Crippen LogP contribution in [0, 0.1) is 0 Å². The molecular weight excluding hydrogens is 324 g/mol. The second-order valence-electron chi connectivity index (χ2n) is 5.51. The second-order valence-corrected chi connectivity index (χ2v) is 5.51. The van der Waals surface area contributed by atoms with Gasteiger partial charge in [-0.25, -0.2) is 14.8 Å². The summed E-state index contributed by atoms with van der Waals surface area (Å²) in [6.07, 6.45) is 4.97. The number of nitrogens with one attached hydrogen (secondary N) is 2. The zero-order valence-electron chi connectivity index (χ0n) is 14.1. The molecule has 3 heterocycles. The minimum absolute atomic E-state index is 0.0390. The number of carbonyl (C=O) groups is 2. The van der Waals surface area contributed by atoms with E-state index < -0.39 is 11.8 Å². The van der Waals surface area contributed by atoms with E-state index in [1.165, 1.54) is 0 Å². The number of fused-ring (bicyclic) bond motifs is 1. The molecule has 0 amide bonds. The normalized spacial score (nSPS) is 16.0. The maximum absolute atomic E-state index is 12.6. The van der Waals surface area contributed by atoms with Crippen molar-refractivity contribution < 1.29 is 19.1 Å². The lowest BCUT2D eigenvalue weighted by Crippen LogP contribution is -2.31. The van der Waals surface area contributed by atoms with Gasteiger partial charge in [0.05, 0.1) is 6.61 Å². The van der Waals surface area contributed by atoms with E-state index in [4.69, 9.17) is 9.47 Å². The second kappa shape index (κ2) is 6.78. The summed E-state index contributed by atoms with van der Waals surface area (Å²) < 4.78 is 10.6. The van der Waals surface area contributed by atoms with Gasteiger partial charge >= 0.3 is 5.97 Å². The number of allylic oxidation sites excluding steroid dienone is 1. The number of aromatic nitrogens is 2. The largest absolute Gasteiger partial charge is 0.462 e. The average Bonchev–Trinajstić information content (AvgIpc) is 3.10. The highest BCUT2D eigenvalue weighted by atomic mass is 16.5.